The number of hydrogen-bond donors (Lipinski definition) is 2. The van der Waals surface area contributed by atoms with Crippen molar-refractivity contribution in [1.82, 2.24) is 4.31 Å². The molecule has 0 amide bonds. The molecule has 30 heavy (non-hydrogen) atoms. The standard InChI is InChI=1S/C19H22Cl2NO6PS/c1-13-5-6-15(11-18(13)30(26,27)22-7-3-2-4-8-22)28-19-16(20)9-14(10-17(19)21)12-29(23,24)25/h5-6,9-11H,2-4,7-8,12H2,1H3,(H2,23,24,25). The van der Waals surface area contributed by atoms with Gasteiger partial charge in [0.25, 0.3) is 0 Å². The van der Waals surface area contributed by atoms with Crippen LogP contribution < -0.4 is 4.74 Å². The minimum atomic E-state index is -4.28. The van der Waals surface area contributed by atoms with Crippen LogP contribution in [0.5, 0.6) is 11.5 Å². The van der Waals surface area contributed by atoms with Crippen LogP contribution in [0.25, 0.3) is 0 Å². The van der Waals surface area contributed by atoms with Gasteiger partial charge in [0.2, 0.25) is 10.0 Å². The first kappa shape index (κ1) is 23.5. The summed E-state index contributed by atoms with van der Waals surface area (Å²) in [6.45, 7) is 2.70. The van der Waals surface area contributed by atoms with Gasteiger partial charge in [-0.2, -0.15) is 4.31 Å². The van der Waals surface area contributed by atoms with Crippen molar-refractivity contribution in [2.75, 3.05) is 13.1 Å². The van der Waals surface area contributed by atoms with E-state index in [9.17, 15) is 13.0 Å². The van der Waals surface area contributed by atoms with Crippen LogP contribution in [0.15, 0.2) is 35.2 Å². The molecule has 0 saturated carbocycles. The van der Waals surface area contributed by atoms with Gasteiger partial charge >= 0.3 is 7.60 Å². The minimum absolute atomic E-state index is 0.0620. The first-order chi connectivity index (χ1) is 14.0. The maximum absolute atomic E-state index is 13.1. The van der Waals surface area contributed by atoms with E-state index < -0.39 is 23.8 Å². The number of piperidine rings is 1. The van der Waals surface area contributed by atoms with Crippen LogP contribution in [0.2, 0.25) is 10.0 Å². The molecule has 1 aliphatic rings. The first-order valence-electron chi connectivity index (χ1n) is 9.28. The lowest BCUT2D eigenvalue weighted by Crippen LogP contribution is -2.35. The molecule has 164 valence electrons. The van der Waals surface area contributed by atoms with Gasteiger partial charge in [-0.15, -0.1) is 0 Å². The molecule has 7 nitrogen and oxygen atoms in total. The number of sulfonamides is 1. The second-order valence-electron chi connectivity index (χ2n) is 7.21. The highest BCUT2D eigenvalue weighted by molar-refractivity contribution is 7.89. The van der Waals surface area contributed by atoms with Crippen molar-refractivity contribution in [3.05, 3.63) is 51.5 Å². The van der Waals surface area contributed by atoms with Crippen molar-refractivity contribution in [2.45, 2.75) is 37.2 Å². The van der Waals surface area contributed by atoms with Gasteiger partial charge in [0.15, 0.2) is 5.75 Å². The second-order valence-corrected chi connectivity index (χ2v) is 11.6. The number of rotatable bonds is 6. The van der Waals surface area contributed by atoms with E-state index in [1.54, 1.807) is 19.1 Å². The van der Waals surface area contributed by atoms with Gasteiger partial charge < -0.3 is 14.5 Å². The number of halogens is 2. The Hall–Kier alpha value is -1.12. The van der Waals surface area contributed by atoms with Gasteiger partial charge in [0, 0.05) is 19.2 Å². The number of benzene rings is 2. The lowest BCUT2D eigenvalue weighted by molar-refractivity contribution is 0.346. The smallest absolute Gasteiger partial charge is 0.329 e. The van der Waals surface area contributed by atoms with E-state index in [2.05, 4.69) is 0 Å². The van der Waals surface area contributed by atoms with Crippen molar-refractivity contribution in [1.29, 1.82) is 0 Å². The molecule has 1 aliphatic heterocycles. The van der Waals surface area contributed by atoms with Crippen molar-refractivity contribution in [3.63, 3.8) is 0 Å². The molecule has 0 atom stereocenters. The summed E-state index contributed by atoms with van der Waals surface area (Å²) in [5.74, 6) is 0.320. The zero-order valence-electron chi connectivity index (χ0n) is 16.2. The van der Waals surface area contributed by atoms with E-state index in [0.717, 1.165) is 19.3 Å². The van der Waals surface area contributed by atoms with Gasteiger partial charge in [-0.1, -0.05) is 35.7 Å². The van der Waals surface area contributed by atoms with E-state index in [1.165, 1.54) is 22.5 Å². The molecule has 2 N–H and O–H groups in total. The SMILES string of the molecule is Cc1ccc(Oc2c(Cl)cc(CP(=O)(O)O)cc2Cl)cc1S(=O)(=O)N1CCCCC1. The molecule has 1 heterocycles. The summed E-state index contributed by atoms with van der Waals surface area (Å²) in [7, 11) is -7.94. The number of ether oxygens (including phenoxy) is 1. The van der Waals surface area contributed by atoms with Crippen LogP contribution >= 0.6 is 30.8 Å². The summed E-state index contributed by atoms with van der Waals surface area (Å²) >= 11 is 12.4. The van der Waals surface area contributed by atoms with Gasteiger partial charge in [-0.3, -0.25) is 4.57 Å². The Morgan fingerprint density at radius 3 is 2.23 bits per heavy atom. The Balaban J connectivity index is 1.91. The van der Waals surface area contributed by atoms with E-state index in [0.29, 0.717) is 18.7 Å². The topological polar surface area (TPSA) is 104 Å². The monoisotopic (exact) mass is 493 g/mol. The third-order valence-corrected chi connectivity index (χ3v) is 8.14. The van der Waals surface area contributed by atoms with Crippen molar-refractivity contribution in [3.8, 4) is 11.5 Å². The molecule has 0 spiro atoms. The molecule has 0 aromatic heterocycles. The van der Waals surface area contributed by atoms with Crippen molar-refractivity contribution < 1.29 is 27.5 Å². The fourth-order valence-electron chi connectivity index (χ4n) is 3.32. The summed E-state index contributed by atoms with van der Waals surface area (Å²) in [5.41, 5.74) is 0.866. The van der Waals surface area contributed by atoms with Crippen LogP contribution in [0.4, 0.5) is 0 Å². The summed E-state index contributed by atoms with van der Waals surface area (Å²) in [6, 6.07) is 7.43. The highest BCUT2D eigenvalue weighted by Crippen LogP contribution is 2.43. The zero-order valence-corrected chi connectivity index (χ0v) is 19.4. The molecule has 1 saturated heterocycles. The summed E-state index contributed by atoms with van der Waals surface area (Å²) in [6.07, 6.45) is 2.18. The predicted molar refractivity (Wildman–Crippen MR) is 116 cm³/mol. The van der Waals surface area contributed by atoms with E-state index in [4.69, 9.17) is 37.7 Å². The molecule has 11 heteroatoms. The molecular formula is C19H22Cl2NO6PS. The zero-order chi connectivity index (χ0) is 22.1. The van der Waals surface area contributed by atoms with Gasteiger partial charge in [-0.05, 0) is 49.1 Å². The molecule has 1 fully saturated rings. The first-order valence-corrected chi connectivity index (χ1v) is 13.3. The van der Waals surface area contributed by atoms with E-state index in [1.807, 2.05) is 0 Å². The van der Waals surface area contributed by atoms with Gasteiger partial charge in [0.05, 0.1) is 21.1 Å². The van der Waals surface area contributed by atoms with E-state index in [-0.39, 0.29) is 32.0 Å². The average molecular weight is 494 g/mol. The lowest BCUT2D eigenvalue weighted by Gasteiger charge is -2.26. The Morgan fingerprint density at radius 2 is 1.67 bits per heavy atom. The van der Waals surface area contributed by atoms with Crippen LogP contribution in [-0.2, 0) is 20.8 Å². The highest BCUT2D eigenvalue weighted by Gasteiger charge is 2.28. The molecule has 0 aliphatic carbocycles. The van der Waals surface area contributed by atoms with Crippen LogP contribution in [0, 0.1) is 6.92 Å². The fraction of sp³-hybridized carbons (Fsp3) is 0.368. The third-order valence-electron chi connectivity index (χ3n) is 4.76. The maximum atomic E-state index is 13.1. The summed E-state index contributed by atoms with van der Waals surface area (Å²) in [4.78, 5) is 18.4. The second kappa shape index (κ2) is 9.17. The highest BCUT2D eigenvalue weighted by atomic mass is 35.5. The molecule has 2 aromatic rings. The molecular weight excluding hydrogens is 472 g/mol. The van der Waals surface area contributed by atoms with Gasteiger partial charge in [0.1, 0.15) is 5.75 Å². The van der Waals surface area contributed by atoms with E-state index >= 15 is 0 Å². The quantitative estimate of drug-likeness (QED) is 0.551. The molecule has 0 radical (unpaired) electrons. The van der Waals surface area contributed by atoms with Crippen LogP contribution in [0.1, 0.15) is 30.4 Å². The number of hydrogen-bond acceptors (Lipinski definition) is 4. The maximum Gasteiger partial charge on any atom is 0.329 e. The normalized spacial score (nSPS) is 15.9. The van der Waals surface area contributed by atoms with Crippen molar-refractivity contribution in [2.24, 2.45) is 0 Å². The minimum Gasteiger partial charge on any atom is -0.454 e. The third kappa shape index (κ3) is 5.56. The molecule has 0 unspecified atom stereocenters. The molecule has 3 rings (SSSR count). The van der Waals surface area contributed by atoms with Crippen LogP contribution in [0.3, 0.4) is 0 Å². The lowest BCUT2D eigenvalue weighted by atomic mass is 10.2. The number of nitrogens with zero attached hydrogens (tertiary/aromatic N) is 1. The Labute approximate surface area is 185 Å². The molecule has 0 bridgehead atoms. The molecule has 2 aromatic carbocycles. The fourth-order valence-corrected chi connectivity index (χ4v) is 6.35. The number of aryl methyl sites for hydroxylation is 1. The van der Waals surface area contributed by atoms with Crippen LogP contribution in [-0.4, -0.2) is 35.6 Å². The van der Waals surface area contributed by atoms with Crippen molar-refractivity contribution >= 4 is 40.8 Å². The Bertz CT molecular complexity index is 1070. The Morgan fingerprint density at radius 1 is 1.07 bits per heavy atom. The average Bonchev–Trinajstić information content (AvgIpc) is 2.65. The Kier molecular flexibility index (Phi) is 7.19. The summed E-state index contributed by atoms with van der Waals surface area (Å²) in [5, 5.41) is 0.124. The predicted octanol–water partition coefficient (Wildman–Crippen LogP) is 4.95. The summed E-state index contributed by atoms with van der Waals surface area (Å²) < 4.78 is 44.6. The van der Waals surface area contributed by atoms with Gasteiger partial charge in [-0.25, -0.2) is 8.42 Å². The largest absolute Gasteiger partial charge is 0.454 e.